The van der Waals surface area contributed by atoms with Crippen molar-refractivity contribution >= 4 is 10.0 Å². The van der Waals surface area contributed by atoms with Gasteiger partial charge in [-0.25, -0.2) is 13.6 Å². The molecule has 18 heavy (non-hydrogen) atoms. The van der Waals surface area contributed by atoms with Crippen molar-refractivity contribution in [2.24, 2.45) is 5.14 Å². The molecule has 0 atom stereocenters. The number of nitrogens with two attached hydrogens (primary N) is 1. The summed E-state index contributed by atoms with van der Waals surface area (Å²) < 4.78 is 22.2. The van der Waals surface area contributed by atoms with Crippen LogP contribution in [0.2, 0.25) is 0 Å². The molecule has 2 rings (SSSR count). The summed E-state index contributed by atoms with van der Waals surface area (Å²) in [5.74, 6) is 0.916. The third-order valence-corrected chi connectivity index (χ3v) is 3.69. The Kier molecular flexibility index (Phi) is 3.70. The zero-order chi connectivity index (χ0) is 13.2. The van der Waals surface area contributed by atoms with Crippen LogP contribution in [0, 0.1) is 0 Å². The third-order valence-electron chi connectivity index (χ3n) is 2.76. The summed E-state index contributed by atoms with van der Waals surface area (Å²) in [5, 5.41) is 6.90. The van der Waals surface area contributed by atoms with Crippen molar-refractivity contribution in [1.29, 1.82) is 0 Å². The van der Waals surface area contributed by atoms with Crippen molar-refractivity contribution in [3.63, 3.8) is 0 Å². The minimum atomic E-state index is -3.60. The molecule has 1 aromatic rings. The Bertz CT molecular complexity index is 549. The Morgan fingerprint density at radius 1 is 1.33 bits per heavy atom. The van der Waals surface area contributed by atoms with Gasteiger partial charge in [0, 0.05) is 6.54 Å². The first kappa shape index (κ1) is 13.1. The molecule has 0 aliphatic carbocycles. The van der Waals surface area contributed by atoms with Crippen molar-refractivity contribution in [2.75, 3.05) is 13.1 Å². The van der Waals surface area contributed by atoms with Gasteiger partial charge in [0.1, 0.15) is 5.76 Å². The van der Waals surface area contributed by atoms with Gasteiger partial charge in [0.15, 0.2) is 0 Å². The Morgan fingerprint density at radius 3 is 2.50 bits per heavy atom. The average molecular weight is 268 g/mol. The van der Waals surface area contributed by atoms with Gasteiger partial charge in [-0.15, -0.1) is 5.06 Å². The Labute approximate surface area is 107 Å². The minimum Gasteiger partial charge on any atom is -0.411 e. The van der Waals surface area contributed by atoms with Gasteiger partial charge in [-0.1, -0.05) is 12.1 Å². The highest BCUT2D eigenvalue weighted by Gasteiger charge is 2.12. The summed E-state index contributed by atoms with van der Waals surface area (Å²) in [6.45, 7) is 3.48. The smallest absolute Gasteiger partial charge is 0.238 e. The molecule has 0 saturated heterocycles. The molecule has 0 saturated carbocycles. The van der Waals surface area contributed by atoms with E-state index in [1.54, 1.807) is 12.1 Å². The standard InChI is InChI=1S/C12H16N2O3S/c1-10-6-8-14(17-10)9-7-11-2-4-12(5-3-11)18(13,15)16/h2-6H,7-9H2,1H3,(H2,13,15,16). The van der Waals surface area contributed by atoms with Crippen molar-refractivity contribution in [2.45, 2.75) is 18.2 Å². The van der Waals surface area contributed by atoms with Gasteiger partial charge in [-0.3, -0.25) is 0 Å². The second-order valence-electron chi connectivity index (χ2n) is 4.23. The molecule has 0 unspecified atom stereocenters. The summed E-state index contributed by atoms with van der Waals surface area (Å²) in [4.78, 5) is 5.58. The Morgan fingerprint density at radius 2 is 2.00 bits per heavy atom. The second kappa shape index (κ2) is 5.09. The van der Waals surface area contributed by atoms with E-state index in [-0.39, 0.29) is 4.90 Å². The van der Waals surface area contributed by atoms with E-state index in [4.69, 9.17) is 9.98 Å². The lowest BCUT2D eigenvalue weighted by Crippen LogP contribution is -2.21. The zero-order valence-electron chi connectivity index (χ0n) is 10.2. The summed E-state index contributed by atoms with van der Waals surface area (Å²) in [6, 6.07) is 6.60. The predicted molar refractivity (Wildman–Crippen MR) is 67.9 cm³/mol. The molecule has 0 fully saturated rings. The van der Waals surface area contributed by atoms with Crippen LogP contribution in [0.3, 0.4) is 0 Å². The SMILES string of the molecule is CC1=CCN(CCc2ccc(S(N)(=O)=O)cc2)O1. The molecule has 0 amide bonds. The number of hydrogen-bond donors (Lipinski definition) is 1. The summed E-state index contributed by atoms with van der Waals surface area (Å²) >= 11 is 0. The number of rotatable bonds is 4. The number of sulfonamides is 1. The van der Waals surface area contributed by atoms with E-state index in [0.717, 1.165) is 30.8 Å². The monoisotopic (exact) mass is 268 g/mol. The van der Waals surface area contributed by atoms with Gasteiger partial charge in [0.25, 0.3) is 0 Å². The largest absolute Gasteiger partial charge is 0.411 e. The number of nitrogens with zero attached hydrogens (tertiary/aromatic N) is 1. The van der Waals surface area contributed by atoms with Crippen molar-refractivity contribution in [3.05, 3.63) is 41.7 Å². The van der Waals surface area contributed by atoms with Crippen LogP contribution >= 0.6 is 0 Å². The number of hydrogen-bond acceptors (Lipinski definition) is 4. The van der Waals surface area contributed by atoms with Gasteiger partial charge in [-0.05, 0) is 37.1 Å². The van der Waals surface area contributed by atoms with Crippen LogP contribution in [-0.2, 0) is 21.3 Å². The molecule has 0 spiro atoms. The van der Waals surface area contributed by atoms with Crippen molar-refractivity contribution in [3.8, 4) is 0 Å². The first-order valence-electron chi connectivity index (χ1n) is 5.66. The fourth-order valence-electron chi connectivity index (χ4n) is 1.75. The molecule has 2 N–H and O–H groups in total. The number of hydroxylamine groups is 2. The molecule has 98 valence electrons. The average Bonchev–Trinajstić information content (AvgIpc) is 2.72. The summed E-state index contributed by atoms with van der Waals surface area (Å²) in [5.41, 5.74) is 1.05. The highest BCUT2D eigenvalue weighted by Crippen LogP contribution is 2.13. The van der Waals surface area contributed by atoms with Crippen LogP contribution in [0.1, 0.15) is 12.5 Å². The maximum absolute atomic E-state index is 11.1. The highest BCUT2D eigenvalue weighted by molar-refractivity contribution is 7.89. The third kappa shape index (κ3) is 3.32. The molecule has 1 aromatic carbocycles. The molecule has 1 heterocycles. The topological polar surface area (TPSA) is 72.6 Å². The van der Waals surface area contributed by atoms with Crippen LogP contribution in [0.15, 0.2) is 41.0 Å². The first-order valence-corrected chi connectivity index (χ1v) is 7.21. The van der Waals surface area contributed by atoms with Crippen LogP contribution in [-0.4, -0.2) is 26.6 Å². The van der Waals surface area contributed by atoms with E-state index < -0.39 is 10.0 Å². The molecule has 1 aliphatic rings. The minimum absolute atomic E-state index is 0.140. The molecule has 0 radical (unpaired) electrons. The molecule has 1 aliphatic heterocycles. The quantitative estimate of drug-likeness (QED) is 0.885. The number of benzene rings is 1. The molecular formula is C12H16N2O3S. The van der Waals surface area contributed by atoms with Gasteiger partial charge in [-0.2, -0.15) is 0 Å². The van der Waals surface area contributed by atoms with E-state index in [0.29, 0.717) is 0 Å². The fraction of sp³-hybridized carbons (Fsp3) is 0.333. The number of allylic oxidation sites excluding steroid dienone is 1. The molecule has 5 nitrogen and oxygen atoms in total. The van der Waals surface area contributed by atoms with Gasteiger partial charge in [0.05, 0.1) is 11.4 Å². The zero-order valence-corrected chi connectivity index (χ0v) is 11.0. The highest BCUT2D eigenvalue weighted by atomic mass is 32.2. The van der Waals surface area contributed by atoms with Gasteiger partial charge in [0.2, 0.25) is 10.0 Å². The Hall–Kier alpha value is -1.37. The van der Waals surface area contributed by atoms with Gasteiger partial charge < -0.3 is 4.84 Å². The van der Waals surface area contributed by atoms with E-state index >= 15 is 0 Å². The number of primary sulfonamides is 1. The lowest BCUT2D eigenvalue weighted by atomic mass is 10.1. The van der Waals surface area contributed by atoms with Crippen molar-refractivity contribution < 1.29 is 13.3 Å². The van der Waals surface area contributed by atoms with E-state index in [2.05, 4.69) is 0 Å². The Balaban J connectivity index is 1.91. The lowest BCUT2D eigenvalue weighted by Gasteiger charge is -2.15. The molecule has 6 heteroatoms. The van der Waals surface area contributed by atoms with Crippen LogP contribution < -0.4 is 5.14 Å². The molecule has 0 aromatic heterocycles. The summed E-state index contributed by atoms with van der Waals surface area (Å²) in [6.07, 6.45) is 2.82. The fourth-order valence-corrected chi connectivity index (χ4v) is 2.26. The van der Waals surface area contributed by atoms with Crippen LogP contribution in [0.5, 0.6) is 0 Å². The van der Waals surface area contributed by atoms with Crippen LogP contribution in [0.4, 0.5) is 0 Å². The second-order valence-corrected chi connectivity index (χ2v) is 5.79. The lowest BCUT2D eigenvalue weighted by molar-refractivity contribution is -0.0890. The van der Waals surface area contributed by atoms with Gasteiger partial charge >= 0.3 is 0 Å². The van der Waals surface area contributed by atoms with Crippen LogP contribution in [0.25, 0.3) is 0 Å². The molecule has 0 bridgehead atoms. The predicted octanol–water partition coefficient (Wildman–Crippen LogP) is 1.03. The summed E-state index contributed by atoms with van der Waals surface area (Å²) in [7, 11) is -3.60. The van der Waals surface area contributed by atoms with E-state index in [9.17, 15) is 8.42 Å². The van der Waals surface area contributed by atoms with E-state index in [1.807, 2.05) is 18.1 Å². The molecular weight excluding hydrogens is 252 g/mol. The van der Waals surface area contributed by atoms with Crippen molar-refractivity contribution in [1.82, 2.24) is 5.06 Å². The maximum atomic E-state index is 11.1. The first-order chi connectivity index (χ1) is 8.45. The normalized spacial score (nSPS) is 16.4. The maximum Gasteiger partial charge on any atom is 0.238 e. The van der Waals surface area contributed by atoms with E-state index in [1.165, 1.54) is 12.1 Å².